The molecule has 0 unspecified atom stereocenters. The molecule has 2 heterocycles. The van der Waals surface area contributed by atoms with Gasteiger partial charge in [-0.05, 0) is 25.7 Å². The lowest BCUT2D eigenvalue weighted by Gasteiger charge is -2.32. The second kappa shape index (κ2) is 5.75. The van der Waals surface area contributed by atoms with Gasteiger partial charge in [-0.15, -0.1) is 0 Å². The van der Waals surface area contributed by atoms with Crippen molar-refractivity contribution >= 4 is 17.7 Å². The summed E-state index contributed by atoms with van der Waals surface area (Å²) in [6.45, 7) is 1.83. The molecule has 2 N–H and O–H groups in total. The van der Waals surface area contributed by atoms with Crippen molar-refractivity contribution in [2.75, 3.05) is 19.8 Å². The summed E-state index contributed by atoms with van der Waals surface area (Å²) in [6.07, 6.45) is 5.26. The van der Waals surface area contributed by atoms with E-state index in [2.05, 4.69) is 4.90 Å². The van der Waals surface area contributed by atoms with E-state index in [4.69, 9.17) is 5.73 Å². The maximum absolute atomic E-state index is 12.4. The zero-order chi connectivity index (χ0) is 15.0. The van der Waals surface area contributed by atoms with Gasteiger partial charge in [0.2, 0.25) is 17.7 Å². The number of rotatable bonds is 3. The Morgan fingerprint density at radius 2 is 1.52 bits per heavy atom. The minimum Gasteiger partial charge on any atom is -0.369 e. The highest BCUT2D eigenvalue weighted by molar-refractivity contribution is 6.05. The lowest BCUT2D eigenvalue weighted by molar-refractivity contribution is -0.143. The molecule has 116 valence electrons. The zero-order valence-corrected chi connectivity index (χ0v) is 12.3. The minimum atomic E-state index is -0.242. The number of fused-ring (bicyclic) bond motifs is 1. The molecule has 3 rings (SSSR count). The predicted molar refractivity (Wildman–Crippen MR) is 75.7 cm³/mol. The third kappa shape index (κ3) is 2.69. The Morgan fingerprint density at radius 1 is 1.00 bits per heavy atom. The molecule has 0 spiro atoms. The molecule has 0 aromatic heterocycles. The highest BCUT2D eigenvalue weighted by Crippen LogP contribution is 2.38. The van der Waals surface area contributed by atoms with E-state index in [9.17, 15) is 14.4 Å². The Hall–Kier alpha value is -1.43. The minimum absolute atomic E-state index is 0.0155. The summed E-state index contributed by atoms with van der Waals surface area (Å²) in [4.78, 5) is 39.5. The van der Waals surface area contributed by atoms with Crippen LogP contribution in [-0.4, -0.2) is 47.3 Å². The average Bonchev–Trinajstić information content (AvgIpc) is 2.73. The summed E-state index contributed by atoms with van der Waals surface area (Å²) >= 11 is 0. The lowest BCUT2D eigenvalue weighted by Crippen LogP contribution is -2.46. The van der Waals surface area contributed by atoms with Crippen LogP contribution in [0.25, 0.3) is 0 Å². The van der Waals surface area contributed by atoms with E-state index in [1.165, 1.54) is 4.90 Å². The van der Waals surface area contributed by atoms with Gasteiger partial charge in [-0.25, -0.2) is 0 Å². The highest BCUT2D eigenvalue weighted by Gasteiger charge is 2.48. The molecule has 3 fully saturated rings. The van der Waals surface area contributed by atoms with Crippen molar-refractivity contribution in [2.45, 2.75) is 38.5 Å². The van der Waals surface area contributed by atoms with Crippen LogP contribution in [0.15, 0.2) is 0 Å². The Labute approximate surface area is 124 Å². The molecule has 0 aromatic carbocycles. The van der Waals surface area contributed by atoms with Gasteiger partial charge in [-0.1, -0.05) is 12.8 Å². The highest BCUT2D eigenvalue weighted by atomic mass is 16.2. The molecular formula is C15H23N3O3. The Kier molecular flexibility index (Phi) is 3.97. The van der Waals surface area contributed by atoms with Gasteiger partial charge >= 0.3 is 0 Å². The van der Waals surface area contributed by atoms with Crippen LogP contribution in [0.2, 0.25) is 0 Å². The molecule has 3 amide bonds. The third-order valence-corrected chi connectivity index (χ3v) is 5.26. The molecule has 1 aliphatic carbocycles. The molecule has 6 nitrogen and oxygen atoms in total. The van der Waals surface area contributed by atoms with Gasteiger partial charge in [0.15, 0.2) is 0 Å². The van der Waals surface area contributed by atoms with E-state index in [0.29, 0.717) is 6.67 Å². The van der Waals surface area contributed by atoms with Crippen LogP contribution in [0.4, 0.5) is 0 Å². The molecule has 2 atom stereocenters. The molecule has 3 aliphatic rings. The fourth-order valence-electron chi connectivity index (χ4n) is 3.93. The first kappa shape index (κ1) is 14.5. The molecule has 0 radical (unpaired) electrons. The standard InChI is InChI=1S/C15H23N3O3/c16-13(19)10-5-7-17(8-6-10)9-18-14(20)11-3-1-2-4-12(11)15(18)21/h10-12H,1-9H2,(H2,16,19)/t11-,12-/m0/s1. The first-order valence-electron chi connectivity index (χ1n) is 7.95. The van der Waals surface area contributed by atoms with Gasteiger partial charge in [-0.2, -0.15) is 0 Å². The van der Waals surface area contributed by atoms with Crippen molar-refractivity contribution in [3.8, 4) is 0 Å². The van der Waals surface area contributed by atoms with E-state index in [1.807, 2.05) is 0 Å². The van der Waals surface area contributed by atoms with Gasteiger partial charge in [-0.3, -0.25) is 24.2 Å². The van der Waals surface area contributed by atoms with E-state index in [-0.39, 0.29) is 35.5 Å². The predicted octanol–water partition coefficient (Wildman–Crippen LogP) is 0.316. The number of nitrogens with zero attached hydrogens (tertiary/aromatic N) is 2. The number of carbonyl (C=O) groups is 3. The first-order chi connectivity index (χ1) is 10.1. The lowest BCUT2D eigenvalue weighted by atomic mass is 9.81. The quantitative estimate of drug-likeness (QED) is 0.759. The molecule has 6 heteroatoms. The number of carbonyl (C=O) groups excluding carboxylic acids is 3. The Balaban J connectivity index is 1.59. The van der Waals surface area contributed by atoms with Crippen LogP contribution >= 0.6 is 0 Å². The van der Waals surface area contributed by atoms with Crippen molar-refractivity contribution < 1.29 is 14.4 Å². The summed E-state index contributed by atoms with van der Waals surface area (Å²) in [5.74, 6) is -0.421. The van der Waals surface area contributed by atoms with Gasteiger partial charge < -0.3 is 5.73 Å². The molecule has 1 saturated carbocycles. The number of hydrogen-bond donors (Lipinski definition) is 1. The number of hydrogen-bond acceptors (Lipinski definition) is 4. The van der Waals surface area contributed by atoms with Crippen LogP contribution in [0.1, 0.15) is 38.5 Å². The van der Waals surface area contributed by atoms with E-state index in [0.717, 1.165) is 51.6 Å². The molecule has 2 aliphatic heterocycles. The van der Waals surface area contributed by atoms with Gasteiger partial charge in [0.25, 0.3) is 0 Å². The van der Waals surface area contributed by atoms with Gasteiger partial charge in [0.05, 0.1) is 18.5 Å². The van der Waals surface area contributed by atoms with Crippen LogP contribution < -0.4 is 5.73 Å². The zero-order valence-electron chi connectivity index (χ0n) is 12.3. The van der Waals surface area contributed by atoms with E-state index in [1.54, 1.807) is 0 Å². The summed E-state index contributed by atoms with van der Waals surface area (Å²) in [6, 6.07) is 0. The number of nitrogens with two attached hydrogens (primary N) is 1. The monoisotopic (exact) mass is 293 g/mol. The number of primary amides is 1. The number of likely N-dealkylation sites (tertiary alicyclic amines) is 2. The normalized spacial score (nSPS) is 31.5. The van der Waals surface area contributed by atoms with Crippen molar-refractivity contribution in [1.82, 2.24) is 9.80 Å². The number of imide groups is 1. The molecule has 2 saturated heterocycles. The molecule has 0 bridgehead atoms. The number of piperidine rings is 1. The Bertz CT molecular complexity index is 433. The van der Waals surface area contributed by atoms with Crippen molar-refractivity contribution in [1.29, 1.82) is 0 Å². The van der Waals surface area contributed by atoms with E-state index < -0.39 is 0 Å². The Morgan fingerprint density at radius 3 is 2.00 bits per heavy atom. The molecule has 0 aromatic rings. The van der Waals surface area contributed by atoms with Crippen molar-refractivity contribution in [2.24, 2.45) is 23.5 Å². The maximum Gasteiger partial charge on any atom is 0.234 e. The van der Waals surface area contributed by atoms with Crippen molar-refractivity contribution in [3.05, 3.63) is 0 Å². The largest absolute Gasteiger partial charge is 0.369 e. The van der Waals surface area contributed by atoms with Crippen LogP contribution in [0, 0.1) is 17.8 Å². The maximum atomic E-state index is 12.4. The molecular weight excluding hydrogens is 270 g/mol. The summed E-state index contributed by atoms with van der Waals surface area (Å²) in [5.41, 5.74) is 5.32. The van der Waals surface area contributed by atoms with Gasteiger partial charge in [0, 0.05) is 19.0 Å². The van der Waals surface area contributed by atoms with Crippen molar-refractivity contribution in [3.63, 3.8) is 0 Å². The fraction of sp³-hybridized carbons (Fsp3) is 0.800. The number of amides is 3. The molecule has 21 heavy (non-hydrogen) atoms. The van der Waals surface area contributed by atoms with Crippen LogP contribution in [-0.2, 0) is 14.4 Å². The summed E-state index contributed by atoms with van der Waals surface area (Å²) in [7, 11) is 0. The summed E-state index contributed by atoms with van der Waals surface area (Å²) in [5, 5.41) is 0. The van der Waals surface area contributed by atoms with E-state index >= 15 is 0 Å². The SMILES string of the molecule is NC(=O)C1CCN(CN2C(=O)[C@H]3CCCC[C@@H]3C2=O)CC1. The first-order valence-corrected chi connectivity index (χ1v) is 7.95. The second-order valence-corrected chi connectivity index (χ2v) is 6.54. The second-order valence-electron chi connectivity index (χ2n) is 6.54. The topological polar surface area (TPSA) is 83.7 Å². The average molecular weight is 293 g/mol. The van der Waals surface area contributed by atoms with Crippen LogP contribution in [0.3, 0.4) is 0 Å². The fourth-order valence-corrected chi connectivity index (χ4v) is 3.93. The van der Waals surface area contributed by atoms with Crippen LogP contribution in [0.5, 0.6) is 0 Å². The van der Waals surface area contributed by atoms with Gasteiger partial charge in [0.1, 0.15) is 0 Å². The summed E-state index contributed by atoms with van der Waals surface area (Å²) < 4.78 is 0. The third-order valence-electron chi connectivity index (χ3n) is 5.26. The smallest absolute Gasteiger partial charge is 0.234 e.